The first-order valence-corrected chi connectivity index (χ1v) is 6.25. The first-order valence-electron chi connectivity index (χ1n) is 4.81. The van der Waals surface area contributed by atoms with Crippen molar-refractivity contribution in [3.05, 3.63) is 24.3 Å². The number of halogens is 6. The highest BCUT2D eigenvalue weighted by Crippen LogP contribution is 2.45. The Morgan fingerprint density at radius 3 is 1.71 bits per heavy atom. The van der Waals surface area contributed by atoms with Gasteiger partial charge in [-0.25, -0.2) is 0 Å². The van der Waals surface area contributed by atoms with Crippen LogP contribution in [0.5, 0.6) is 5.75 Å². The summed E-state index contributed by atoms with van der Waals surface area (Å²) in [4.78, 5) is -0.766. The molecule has 0 aromatic heterocycles. The molecule has 12 heteroatoms. The Morgan fingerprint density at radius 2 is 1.38 bits per heavy atom. The van der Waals surface area contributed by atoms with Crippen molar-refractivity contribution < 1.29 is 49.2 Å². The first kappa shape index (κ1) is 17.5. The van der Waals surface area contributed by atoms with Crippen molar-refractivity contribution in [1.29, 1.82) is 0 Å². The number of rotatable bonds is 5. The third-order valence-electron chi connectivity index (χ3n) is 2.11. The van der Waals surface area contributed by atoms with E-state index in [1.807, 2.05) is 0 Å². The SMILES string of the molecule is O=S(=O)(O)c1ccc(OC(F)(F)C(F)(F)C(O)(F)F)cc1. The quantitative estimate of drug-likeness (QED) is 0.634. The van der Waals surface area contributed by atoms with Crippen molar-refractivity contribution in [3.8, 4) is 5.75 Å². The highest BCUT2D eigenvalue weighted by Gasteiger charge is 2.74. The fourth-order valence-corrected chi connectivity index (χ4v) is 1.55. The molecule has 0 fully saturated rings. The van der Waals surface area contributed by atoms with E-state index in [4.69, 9.17) is 9.66 Å². The van der Waals surface area contributed by atoms with E-state index in [0.29, 0.717) is 24.3 Å². The van der Waals surface area contributed by atoms with Crippen molar-refractivity contribution in [3.63, 3.8) is 0 Å². The number of hydrogen-bond donors (Lipinski definition) is 2. The number of benzene rings is 1. The van der Waals surface area contributed by atoms with Gasteiger partial charge in [-0.3, -0.25) is 4.55 Å². The van der Waals surface area contributed by atoms with E-state index in [2.05, 4.69) is 4.74 Å². The van der Waals surface area contributed by atoms with Gasteiger partial charge in [-0.2, -0.15) is 34.8 Å². The maximum absolute atomic E-state index is 12.9. The summed E-state index contributed by atoms with van der Waals surface area (Å²) in [5.74, 6) is -7.34. The van der Waals surface area contributed by atoms with Gasteiger partial charge in [-0.1, -0.05) is 0 Å². The Morgan fingerprint density at radius 1 is 0.952 bits per heavy atom. The largest absolute Gasteiger partial charge is 0.473 e. The van der Waals surface area contributed by atoms with Crippen LogP contribution in [-0.4, -0.2) is 36.2 Å². The second-order valence-corrected chi connectivity index (χ2v) is 5.10. The zero-order valence-electron chi connectivity index (χ0n) is 9.60. The topological polar surface area (TPSA) is 83.8 Å². The highest BCUT2D eigenvalue weighted by atomic mass is 32.2. The Kier molecular flexibility index (Phi) is 4.20. The van der Waals surface area contributed by atoms with Crippen LogP contribution in [0.1, 0.15) is 0 Å². The Balaban J connectivity index is 3.05. The van der Waals surface area contributed by atoms with Crippen LogP contribution in [0.4, 0.5) is 26.3 Å². The van der Waals surface area contributed by atoms with Gasteiger partial charge in [0.2, 0.25) is 0 Å². The number of alkyl halides is 6. The lowest BCUT2D eigenvalue weighted by Gasteiger charge is -2.28. The zero-order valence-corrected chi connectivity index (χ0v) is 10.4. The molecule has 0 saturated heterocycles. The smallest absolute Gasteiger partial charge is 0.428 e. The Bertz CT molecular complexity index is 607. The molecule has 0 aliphatic rings. The van der Waals surface area contributed by atoms with Gasteiger partial charge in [0.05, 0.1) is 4.90 Å². The molecule has 1 rings (SSSR count). The van der Waals surface area contributed by atoms with Crippen LogP contribution in [0.15, 0.2) is 29.2 Å². The molecule has 21 heavy (non-hydrogen) atoms. The van der Waals surface area contributed by atoms with E-state index in [1.54, 1.807) is 0 Å². The van der Waals surface area contributed by atoms with Gasteiger partial charge in [0.15, 0.2) is 0 Å². The third-order valence-corrected chi connectivity index (χ3v) is 2.98. The fourth-order valence-electron chi connectivity index (χ4n) is 1.07. The summed E-state index contributed by atoms with van der Waals surface area (Å²) in [7, 11) is -4.67. The van der Waals surface area contributed by atoms with Gasteiger partial charge in [0, 0.05) is 0 Å². The molecule has 0 amide bonds. The van der Waals surface area contributed by atoms with Gasteiger partial charge in [-0.15, -0.1) is 0 Å². The summed E-state index contributed by atoms with van der Waals surface area (Å²) in [6.07, 6.45) is -11.8. The van der Waals surface area contributed by atoms with Crippen LogP contribution < -0.4 is 4.74 Å². The van der Waals surface area contributed by atoms with Crippen molar-refractivity contribution in [2.45, 2.75) is 23.0 Å². The summed E-state index contributed by atoms with van der Waals surface area (Å²) in [6, 6.07) is 1.86. The standard InChI is InChI=1S/C9H6F6O5S/c10-7(11,8(12,13)16)9(14,15)20-5-1-3-6(4-2-5)21(17,18)19/h1-4,16H,(H,17,18,19). The van der Waals surface area contributed by atoms with Gasteiger partial charge < -0.3 is 9.84 Å². The normalized spacial score (nSPS) is 14.1. The van der Waals surface area contributed by atoms with Gasteiger partial charge in [0.25, 0.3) is 10.1 Å². The summed E-state index contributed by atoms with van der Waals surface area (Å²) >= 11 is 0. The maximum atomic E-state index is 12.9. The van der Waals surface area contributed by atoms with Crippen LogP contribution in [0, 0.1) is 0 Å². The molecule has 0 saturated carbocycles. The molecule has 1 aromatic carbocycles. The number of hydrogen-bond acceptors (Lipinski definition) is 4. The summed E-state index contributed by atoms with van der Waals surface area (Å²) < 4.78 is 108. The minimum absolute atomic E-state index is 0.419. The molecule has 1 aromatic rings. The molecule has 120 valence electrons. The number of aliphatic hydroxyl groups is 1. The van der Waals surface area contributed by atoms with Crippen molar-refractivity contribution in [2.24, 2.45) is 0 Å². The van der Waals surface area contributed by atoms with E-state index in [9.17, 15) is 34.8 Å². The molecular weight excluding hydrogens is 334 g/mol. The van der Waals surface area contributed by atoms with Gasteiger partial charge in [-0.05, 0) is 24.3 Å². The molecule has 0 heterocycles. The minimum atomic E-state index is -6.23. The van der Waals surface area contributed by atoms with Crippen LogP contribution in [0.2, 0.25) is 0 Å². The average Bonchev–Trinajstić information content (AvgIpc) is 2.26. The van der Waals surface area contributed by atoms with Crippen molar-refractivity contribution in [1.82, 2.24) is 0 Å². The van der Waals surface area contributed by atoms with Crippen LogP contribution in [0.3, 0.4) is 0 Å². The predicted octanol–water partition coefficient (Wildman–Crippen LogP) is 2.13. The predicted molar refractivity (Wildman–Crippen MR) is 53.9 cm³/mol. The van der Waals surface area contributed by atoms with E-state index < -0.39 is 38.9 Å². The second-order valence-electron chi connectivity index (χ2n) is 3.68. The van der Waals surface area contributed by atoms with E-state index in [1.165, 1.54) is 0 Å². The van der Waals surface area contributed by atoms with Crippen molar-refractivity contribution >= 4 is 10.1 Å². The Labute approximate surface area is 113 Å². The molecule has 5 nitrogen and oxygen atoms in total. The fraction of sp³-hybridized carbons (Fsp3) is 0.333. The van der Waals surface area contributed by atoms with Crippen LogP contribution in [-0.2, 0) is 10.1 Å². The average molecular weight is 340 g/mol. The van der Waals surface area contributed by atoms with Crippen molar-refractivity contribution in [2.75, 3.05) is 0 Å². The maximum Gasteiger partial charge on any atom is 0.473 e. The first-order chi connectivity index (χ1) is 9.18. The van der Waals surface area contributed by atoms with E-state index in [0.717, 1.165) is 0 Å². The lowest BCUT2D eigenvalue weighted by molar-refractivity contribution is -0.423. The monoisotopic (exact) mass is 340 g/mol. The molecule has 2 N–H and O–H groups in total. The minimum Gasteiger partial charge on any atom is -0.428 e. The molecule has 0 aliphatic heterocycles. The zero-order chi connectivity index (χ0) is 16.7. The molecule has 0 bridgehead atoms. The molecule has 0 atom stereocenters. The van der Waals surface area contributed by atoms with Gasteiger partial charge in [0.1, 0.15) is 5.75 Å². The highest BCUT2D eigenvalue weighted by molar-refractivity contribution is 7.85. The van der Waals surface area contributed by atoms with E-state index >= 15 is 0 Å². The summed E-state index contributed by atoms with van der Waals surface area (Å²) in [6.45, 7) is 0. The summed E-state index contributed by atoms with van der Waals surface area (Å²) in [5.41, 5.74) is 0. The molecule has 0 spiro atoms. The molecule has 0 aliphatic carbocycles. The molecular formula is C9H6F6O5S. The molecule has 0 unspecified atom stereocenters. The van der Waals surface area contributed by atoms with Crippen LogP contribution in [0.25, 0.3) is 0 Å². The Hall–Kier alpha value is -1.53. The summed E-state index contributed by atoms with van der Waals surface area (Å²) in [5, 5.41) is 7.75. The van der Waals surface area contributed by atoms with E-state index in [-0.39, 0.29) is 0 Å². The molecule has 0 radical (unpaired) electrons. The lowest BCUT2D eigenvalue weighted by Crippen LogP contribution is -2.56. The third kappa shape index (κ3) is 3.57. The lowest BCUT2D eigenvalue weighted by atomic mass is 10.3. The second kappa shape index (κ2) is 5.03. The number of ether oxygens (including phenoxy) is 1. The van der Waals surface area contributed by atoms with Gasteiger partial charge >= 0.3 is 18.1 Å². The van der Waals surface area contributed by atoms with Crippen LogP contribution >= 0.6 is 0 Å².